The largest absolute Gasteiger partial charge is 0.481 e. The number of nitrogens with one attached hydrogen (secondary N) is 3. The van der Waals surface area contributed by atoms with E-state index in [9.17, 15) is 55.2 Å². The molecular weight excluding hydrogens is 674 g/mol. The lowest BCUT2D eigenvalue weighted by atomic mass is 9.85. The van der Waals surface area contributed by atoms with Crippen LogP contribution in [0.5, 0.6) is 0 Å². The Morgan fingerprint density at radius 3 is 1.58 bits per heavy atom. The number of amides is 3. The zero-order valence-corrected chi connectivity index (χ0v) is 28.1. The van der Waals surface area contributed by atoms with Crippen LogP contribution in [0.4, 0.5) is 0 Å². The molecule has 6 unspecified atom stereocenters. The van der Waals surface area contributed by atoms with Crippen LogP contribution in [0.3, 0.4) is 0 Å². The molecule has 3 aliphatic heterocycles. The third-order valence-electron chi connectivity index (χ3n) is 8.86. The lowest BCUT2D eigenvalue weighted by molar-refractivity contribution is -0.249. The summed E-state index contributed by atoms with van der Waals surface area (Å²) in [6, 6.07) is -3.39. The summed E-state index contributed by atoms with van der Waals surface area (Å²) in [5, 5.41) is 89.4. The summed E-state index contributed by atoms with van der Waals surface area (Å²) in [6.45, 7) is 4.04. The molecule has 20 heteroatoms. The van der Waals surface area contributed by atoms with Crippen molar-refractivity contribution in [2.45, 2.75) is 100 Å². The van der Waals surface area contributed by atoms with Crippen molar-refractivity contribution in [3.63, 3.8) is 0 Å². The molecule has 3 heterocycles. The van der Waals surface area contributed by atoms with Crippen molar-refractivity contribution in [2.24, 2.45) is 11.8 Å². The van der Waals surface area contributed by atoms with Gasteiger partial charge >= 0.3 is 0 Å². The van der Waals surface area contributed by atoms with Gasteiger partial charge in [-0.15, -0.1) is 0 Å². The highest BCUT2D eigenvalue weighted by Crippen LogP contribution is 2.32. The van der Waals surface area contributed by atoms with Crippen molar-refractivity contribution in [3.8, 4) is 0 Å². The van der Waals surface area contributed by atoms with Crippen molar-refractivity contribution in [1.82, 2.24) is 16.0 Å². The quantitative estimate of drug-likeness (QED) is 0.0661. The number of ether oxygens (including phenoxy) is 6. The Kier molecular flexibility index (Phi) is 16.0. The maximum absolute atomic E-state index is 12.3. The van der Waals surface area contributed by atoms with Crippen molar-refractivity contribution in [1.29, 1.82) is 0 Å². The van der Waals surface area contributed by atoms with Gasteiger partial charge in [-0.3, -0.25) is 14.4 Å². The molecule has 0 aromatic heterocycles. The van der Waals surface area contributed by atoms with Gasteiger partial charge in [0.25, 0.3) is 5.95 Å². The van der Waals surface area contributed by atoms with Crippen LogP contribution < -0.4 is 16.0 Å². The second-order valence-electron chi connectivity index (χ2n) is 12.6. The number of carbonyl (C=O) groups is 3. The van der Waals surface area contributed by atoms with Gasteiger partial charge in [0.1, 0.15) is 42.7 Å². The first kappa shape index (κ1) is 41.7. The van der Waals surface area contributed by atoms with Gasteiger partial charge in [0.05, 0.1) is 82.6 Å². The van der Waals surface area contributed by atoms with Crippen LogP contribution >= 0.6 is 0 Å². The maximum atomic E-state index is 12.3. The maximum Gasteiger partial charge on any atom is 0.269 e. The minimum absolute atomic E-state index is 0.265. The lowest BCUT2D eigenvalue weighted by Crippen LogP contribution is -2.65. The number of aliphatic hydroxyl groups excluding tert-OH is 8. The van der Waals surface area contributed by atoms with Crippen LogP contribution in [0, 0.1) is 11.8 Å². The molecule has 0 aromatic rings. The number of carbonyl (C=O) groups excluding carboxylic acids is 3. The summed E-state index contributed by atoms with van der Waals surface area (Å²) in [7, 11) is 0. The Labute approximate surface area is 288 Å². The van der Waals surface area contributed by atoms with Crippen molar-refractivity contribution < 1.29 is 83.7 Å². The smallest absolute Gasteiger partial charge is 0.269 e. The topological polar surface area (TPSA) is 305 Å². The molecular formula is C30H51N3O17. The summed E-state index contributed by atoms with van der Waals surface area (Å²) >= 11 is 0. The summed E-state index contributed by atoms with van der Waals surface area (Å²) in [6.07, 6.45) is -12.5. The standard InChI is InChI=1S/C30H51N3O17/c1-12(37)31-23-21(49-20(7-36)27(42)28(23)43)10-46-9-17-19(6-35)48-22(24(32-13(2)38)29(17)47-15(4)40)11-45-8-16-18(5-34)50-30(44)25(26(16)41)33-14(3)39/h16-30,34-36,40-44H,4-11H2,1-3H3,(H,31,37)(H,32,38)(H,33,39)/t16-,17-,18?,19?,20?,21+,22+,23?,24?,25?,26+,27-,28-,29+,30-/m1/s1. The van der Waals surface area contributed by atoms with E-state index in [0.29, 0.717) is 0 Å². The second-order valence-corrected chi connectivity index (χ2v) is 12.6. The molecule has 288 valence electrons. The zero-order chi connectivity index (χ0) is 37.3. The molecule has 20 nitrogen and oxygen atoms in total. The molecule has 0 bridgehead atoms. The third-order valence-corrected chi connectivity index (χ3v) is 8.86. The van der Waals surface area contributed by atoms with E-state index in [2.05, 4.69) is 22.5 Å². The van der Waals surface area contributed by atoms with Crippen LogP contribution in [0.1, 0.15) is 20.8 Å². The third kappa shape index (κ3) is 10.7. The first-order valence-electron chi connectivity index (χ1n) is 16.2. The van der Waals surface area contributed by atoms with E-state index in [4.69, 9.17) is 28.4 Å². The highest BCUT2D eigenvalue weighted by atomic mass is 16.6. The van der Waals surface area contributed by atoms with Crippen molar-refractivity contribution in [3.05, 3.63) is 12.5 Å². The summed E-state index contributed by atoms with van der Waals surface area (Å²) in [5.74, 6) is -4.16. The van der Waals surface area contributed by atoms with E-state index in [1.165, 1.54) is 20.8 Å². The Hall–Kier alpha value is -2.73. The molecule has 0 saturated carbocycles. The van der Waals surface area contributed by atoms with Crippen molar-refractivity contribution in [2.75, 3.05) is 46.2 Å². The molecule has 0 spiro atoms. The Morgan fingerprint density at radius 2 is 1.06 bits per heavy atom. The summed E-state index contributed by atoms with van der Waals surface area (Å²) < 4.78 is 34.6. The van der Waals surface area contributed by atoms with Gasteiger partial charge in [0, 0.05) is 26.7 Å². The normalized spacial score (nSPS) is 38.9. The van der Waals surface area contributed by atoms with Crippen molar-refractivity contribution >= 4 is 17.7 Å². The number of hydrogen-bond acceptors (Lipinski definition) is 17. The fourth-order valence-electron chi connectivity index (χ4n) is 6.54. The first-order valence-corrected chi connectivity index (χ1v) is 16.2. The average Bonchev–Trinajstić information content (AvgIpc) is 3.04. The molecule has 0 aromatic carbocycles. The SMILES string of the molecule is C=C(O)O[C@@H]1C(NC(C)=O)[C@H](COC[C@@H]2C(CO)O[C@@H](O)C(NC(C)=O)[C@H]2O)OC(CO)[C@H]1COC[C@@H]1OC(CO)[C@@H](O)[C@H](O)C1NC(C)=O. The van der Waals surface area contributed by atoms with E-state index in [-0.39, 0.29) is 26.4 Å². The fraction of sp³-hybridized carbons (Fsp3) is 0.833. The van der Waals surface area contributed by atoms with E-state index >= 15 is 0 Å². The van der Waals surface area contributed by atoms with Gasteiger partial charge in [-0.1, -0.05) is 0 Å². The molecule has 50 heavy (non-hydrogen) atoms. The van der Waals surface area contributed by atoms with Gasteiger partial charge in [-0.05, 0) is 6.58 Å². The van der Waals surface area contributed by atoms with Gasteiger partial charge in [0.2, 0.25) is 17.7 Å². The van der Waals surface area contributed by atoms with Crippen LogP contribution in [0.2, 0.25) is 0 Å². The Balaban J connectivity index is 1.77. The fourth-order valence-corrected chi connectivity index (χ4v) is 6.54. The Morgan fingerprint density at radius 1 is 0.600 bits per heavy atom. The number of rotatable bonds is 16. The lowest BCUT2D eigenvalue weighted by Gasteiger charge is -2.47. The van der Waals surface area contributed by atoms with Gasteiger partial charge < -0.3 is 85.2 Å². The van der Waals surface area contributed by atoms with Gasteiger partial charge in [-0.25, -0.2) is 0 Å². The molecule has 3 amide bonds. The molecule has 11 N–H and O–H groups in total. The van der Waals surface area contributed by atoms with Crippen LogP contribution in [0.25, 0.3) is 0 Å². The Bertz CT molecular complexity index is 1130. The highest BCUT2D eigenvalue weighted by Gasteiger charge is 2.50. The van der Waals surface area contributed by atoms with Crippen LogP contribution in [0.15, 0.2) is 12.5 Å². The predicted octanol–water partition coefficient (Wildman–Crippen LogP) is -5.51. The van der Waals surface area contributed by atoms with Crippen LogP contribution in [-0.2, 0) is 42.8 Å². The number of aliphatic hydroxyl groups is 8. The van der Waals surface area contributed by atoms with Crippen LogP contribution in [-0.4, -0.2) is 184 Å². The summed E-state index contributed by atoms with van der Waals surface area (Å²) in [5.41, 5.74) is 0. The first-order chi connectivity index (χ1) is 23.6. The highest BCUT2D eigenvalue weighted by molar-refractivity contribution is 5.74. The number of hydrogen-bond donors (Lipinski definition) is 11. The van der Waals surface area contributed by atoms with E-state index in [1.807, 2.05) is 0 Å². The van der Waals surface area contributed by atoms with Gasteiger partial charge in [-0.2, -0.15) is 0 Å². The van der Waals surface area contributed by atoms with E-state index < -0.39 is 135 Å². The van der Waals surface area contributed by atoms with E-state index in [0.717, 1.165) is 0 Å². The zero-order valence-electron chi connectivity index (χ0n) is 28.1. The van der Waals surface area contributed by atoms with Gasteiger partial charge in [0.15, 0.2) is 6.29 Å². The average molecular weight is 726 g/mol. The molecule has 3 fully saturated rings. The molecule has 0 aliphatic carbocycles. The molecule has 3 aliphatic rings. The van der Waals surface area contributed by atoms with E-state index in [1.54, 1.807) is 0 Å². The molecule has 3 saturated heterocycles. The minimum Gasteiger partial charge on any atom is -0.481 e. The molecule has 3 rings (SSSR count). The second kappa shape index (κ2) is 19.2. The molecule has 0 radical (unpaired) electrons. The molecule has 15 atom stereocenters. The minimum atomic E-state index is -1.60. The predicted molar refractivity (Wildman–Crippen MR) is 166 cm³/mol. The summed E-state index contributed by atoms with van der Waals surface area (Å²) in [4.78, 5) is 35.7. The monoisotopic (exact) mass is 725 g/mol.